The van der Waals surface area contributed by atoms with E-state index in [1.54, 1.807) is 6.92 Å². The second-order valence-corrected chi connectivity index (χ2v) is 5.74. The highest BCUT2D eigenvalue weighted by atomic mass is 19.4. The smallest absolute Gasteiger partial charge is 0.418 e. The van der Waals surface area contributed by atoms with Crippen molar-refractivity contribution in [2.45, 2.75) is 19.6 Å². The van der Waals surface area contributed by atoms with Gasteiger partial charge in [0.1, 0.15) is 11.5 Å². The van der Waals surface area contributed by atoms with Crippen molar-refractivity contribution >= 4 is 11.7 Å². The first kappa shape index (κ1) is 18.5. The first-order valence-corrected chi connectivity index (χ1v) is 8.07. The molecule has 140 valence electrons. The number of hydrogen-bond acceptors (Lipinski definition) is 3. The van der Waals surface area contributed by atoms with Gasteiger partial charge in [-0.3, -0.25) is 0 Å². The molecule has 3 aromatic rings. The fraction of sp³-hybridized carbons (Fsp3) is 0.158. The van der Waals surface area contributed by atoms with Gasteiger partial charge in [-0.05, 0) is 31.2 Å². The Morgan fingerprint density at radius 3 is 2.44 bits per heavy atom. The predicted molar refractivity (Wildman–Crippen MR) is 94.0 cm³/mol. The zero-order chi connectivity index (χ0) is 19.4. The predicted octanol–water partition coefficient (Wildman–Crippen LogP) is 4.99. The summed E-state index contributed by atoms with van der Waals surface area (Å²) in [7, 11) is 0. The van der Waals surface area contributed by atoms with Gasteiger partial charge in [0.15, 0.2) is 0 Å². The lowest BCUT2D eigenvalue weighted by Crippen LogP contribution is -2.29. The van der Waals surface area contributed by atoms with Crippen molar-refractivity contribution in [3.8, 4) is 11.5 Å². The third-order valence-electron chi connectivity index (χ3n) is 3.81. The third-order valence-corrected chi connectivity index (χ3v) is 3.81. The Morgan fingerprint density at radius 2 is 1.74 bits per heavy atom. The maximum absolute atomic E-state index is 13.0. The second-order valence-electron chi connectivity index (χ2n) is 5.74. The van der Waals surface area contributed by atoms with Crippen LogP contribution < -0.4 is 10.6 Å². The van der Waals surface area contributed by atoms with Crippen LogP contribution in [-0.4, -0.2) is 11.0 Å². The highest BCUT2D eigenvalue weighted by Gasteiger charge is 2.33. The highest BCUT2D eigenvalue weighted by molar-refractivity contribution is 5.90. The minimum absolute atomic E-state index is 0.0161. The topological polar surface area (TPSA) is 67.2 Å². The summed E-state index contributed by atoms with van der Waals surface area (Å²) in [6.45, 7) is 1.72. The molecule has 0 unspecified atom stereocenters. The molecule has 5 nitrogen and oxygen atoms in total. The van der Waals surface area contributed by atoms with Crippen LogP contribution in [-0.2, 0) is 12.7 Å². The molecule has 0 saturated heterocycles. The molecule has 3 rings (SSSR count). The van der Waals surface area contributed by atoms with Crippen molar-refractivity contribution in [3.63, 3.8) is 0 Å². The van der Waals surface area contributed by atoms with Crippen LogP contribution in [0.15, 0.2) is 59.0 Å². The zero-order valence-corrected chi connectivity index (χ0v) is 14.3. The minimum Gasteiger partial charge on any atom is -0.441 e. The van der Waals surface area contributed by atoms with E-state index in [2.05, 4.69) is 15.6 Å². The lowest BCUT2D eigenvalue weighted by Gasteiger charge is -2.13. The molecule has 1 aromatic heterocycles. The van der Waals surface area contributed by atoms with E-state index in [-0.39, 0.29) is 12.2 Å². The molecule has 27 heavy (non-hydrogen) atoms. The monoisotopic (exact) mass is 375 g/mol. The molecular formula is C19H16F3N3O2. The summed E-state index contributed by atoms with van der Waals surface area (Å²) in [5.41, 5.74) is 0.0528. The van der Waals surface area contributed by atoms with Gasteiger partial charge in [0.05, 0.1) is 17.8 Å². The molecule has 0 aliphatic rings. The van der Waals surface area contributed by atoms with Gasteiger partial charge < -0.3 is 15.1 Å². The number of oxazole rings is 1. The van der Waals surface area contributed by atoms with E-state index in [0.29, 0.717) is 17.3 Å². The number of amides is 2. The molecule has 1 heterocycles. The van der Waals surface area contributed by atoms with Gasteiger partial charge in [-0.25, -0.2) is 9.78 Å². The molecule has 0 aliphatic carbocycles. The third kappa shape index (κ3) is 4.46. The first-order valence-electron chi connectivity index (χ1n) is 8.07. The largest absolute Gasteiger partial charge is 0.441 e. The second kappa shape index (κ2) is 7.53. The lowest BCUT2D eigenvalue weighted by atomic mass is 10.1. The Balaban J connectivity index is 1.66. The van der Waals surface area contributed by atoms with Crippen molar-refractivity contribution in [1.29, 1.82) is 0 Å². The van der Waals surface area contributed by atoms with Crippen LogP contribution in [0.5, 0.6) is 0 Å². The van der Waals surface area contributed by atoms with Crippen LogP contribution in [0.2, 0.25) is 0 Å². The number of anilines is 1. The standard InChI is InChI=1S/C19H16F3N3O2/c1-12-16(24-17(27-12)13-7-3-2-4-8-13)11-23-18(26)25-15-10-6-5-9-14(15)19(20,21)22/h2-10H,11H2,1H3,(H2,23,25,26). The molecule has 2 N–H and O–H groups in total. The Morgan fingerprint density at radius 1 is 1.07 bits per heavy atom. The number of aromatic nitrogens is 1. The van der Waals surface area contributed by atoms with Crippen molar-refractivity contribution in [2.24, 2.45) is 0 Å². The van der Waals surface area contributed by atoms with Gasteiger partial charge in [-0.1, -0.05) is 30.3 Å². The van der Waals surface area contributed by atoms with Crippen LogP contribution in [0.25, 0.3) is 11.5 Å². The van der Waals surface area contributed by atoms with Crippen LogP contribution >= 0.6 is 0 Å². The number of carbonyl (C=O) groups excluding carboxylic acids is 1. The number of carbonyl (C=O) groups is 1. The summed E-state index contributed by atoms with van der Waals surface area (Å²) in [6, 6.07) is 13.2. The molecule has 2 amide bonds. The number of aryl methyl sites for hydroxylation is 1. The summed E-state index contributed by atoms with van der Waals surface area (Å²) < 4.78 is 44.5. The SMILES string of the molecule is Cc1oc(-c2ccccc2)nc1CNC(=O)Nc1ccccc1C(F)(F)F. The normalized spacial score (nSPS) is 11.3. The number of benzene rings is 2. The van der Waals surface area contributed by atoms with Crippen LogP contribution in [0.4, 0.5) is 23.7 Å². The number of nitrogens with one attached hydrogen (secondary N) is 2. The van der Waals surface area contributed by atoms with E-state index in [1.165, 1.54) is 18.2 Å². The Labute approximate surface area is 153 Å². The molecule has 0 atom stereocenters. The maximum atomic E-state index is 13.0. The number of alkyl halides is 3. The lowest BCUT2D eigenvalue weighted by molar-refractivity contribution is -0.136. The van der Waals surface area contributed by atoms with E-state index in [1.807, 2.05) is 30.3 Å². The van der Waals surface area contributed by atoms with Crippen molar-refractivity contribution in [1.82, 2.24) is 10.3 Å². The molecule has 0 saturated carbocycles. The van der Waals surface area contributed by atoms with E-state index >= 15 is 0 Å². The van der Waals surface area contributed by atoms with E-state index in [9.17, 15) is 18.0 Å². The van der Waals surface area contributed by atoms with Gasteiger partial charge in [-0.2, -0.15) is 13.2 Å². The van der Waals surface area contributed by atoms with Crippen LogP contribution in [0.3, 0.4) is 0 Å². The molecule has 0 spiro atoms. The average Bonchev–Trinajstić information content (AvgIpc) is 3.01. The van der Waals surface area contributed by atoms with Gasteiger partial charge in [0.2, 0.25) is 5.89 Å². The zero-order valence-electron chi connectivity index (χ0n) is 14.3. The minimum atomic E-state index is -4.56. The van der Waals surface area contributed by atoms with Crippen LogP contribution in [0, 0.1) is 6.92 Å². The van der Waals surface area contributed by atoms with Gasteiger partial charge in [0, 0.05) is 5.56 Å². The Kier molecular flexibility index (Phi) is 5.16. The first-order chi connectivity index (χ1) is 12.8. The van der Waals surface area contributed by atoms with E-state index in [0.717, 1.165) is 11.6 Å². The average molecular weight is 375 g/mol. The molecule has 0 radical (unpaired) electrons. The Hall–Kier alpha value is -3.29. The summed E-state index contributed by atoms with van der Waals surface area (Å²) in [5.74, 6) is 0.928. The molecule has 0 bridgehead atoms. The molecule has 8 heteroatoms. The number of hydrogen-bond donors (Lipinski definition) is 2. The summed E-state index contributed by atoms with van der Waals surface area (Å²) in [5, 5.41) is 4.71. The number of rotatable bonds is 4. The molecule has 0 fully saturated rings. The van der Waals surface area contributed by atoms with E-state index < -0.39 is 17.8 Å². The summed E-state index contributed by atoms with van der Waals surface area (Å²) in [4.78, 5) is 16.3. The molecular weight excluding hydrogens is 359 g/mol. The number of nitrogens with zero attached hydrogens (tertiary/aromatic N) is 1. The summed E-state index contributed by atoms with van der Waals surface area (Å²) >= 11 is 0. The fourth-order valence-electron chi connectivity index (χ4n) is 2.47. The highest BCUT2D eigenvalue weighted by Crippen LogP contribution is 2.34. The van der Waals surface area contributed by atoms with Gasteiger partial charge in [0.25, 0.3) is 0 Å². The van der Waals surface area contributed by atoms with Crippen LogP contribution in [0.1, 0.15) is 17.0 Å². The van der Waals surface area contributed by atoms with Gasteiger partial charge in [-0.15, -0.1) is 0 Å². The van der Waals surface area contributed by atoms with Crippen molar-refractivity contribution in [3.05, 3.63) is 71.6 Å². The maximum Gasteiger partial charge on any atom is 0.418 e. The number of halogens is 3. The molecule has 2 aromatic carbocycles. The van der Waals surface area contributed by atoms with Crippen molar-refractivity contribution < 1.29 is 22.4 Å². The number of para-hydroxylation sites is 1. The Bertz CT molecular complexity index is 937. The number of urea groups is 1. The quantitative estimate of drug-likeness (QED) is 0.675. The van der Waals surface area contributed by atoms with Crippen molar-refractivity contribution in [2.75, 3.05) is 5.32 Å². The summed E-state index contributed by atoms with van der Waals surface area (Å²) in [6.07, 6.45) is -4.56. The fourth-order valence-corrected chi connectivity index (χ4v) is 2.47. The van der Waals surface area contributed by atoms with E-state index in [4.69, 9.17) is 4.42 Å². The molecule has 0 aliphatic heterocycles. The van der Waals surface area contributed by atoms with Gasteiger partial charge >= 0.3 is 12.2 Å².